The first kappa shape index (κ1) is 14.4. The lowest BCUT2D eigenvalue weighted by Crippen LogP contribution is -2.44. The lowest BCUT2D eigenvalue weighted by molar-refractivity contribution is -0.134. The molecular weight excluding hydrogens is 286 g/mol. The molecule has 2 heterocycles. The van der Waals surface area contributed by atoms with E-state index < -0.39 is 0 Å². The Labute approximate surface area is 129 Å². The number of nitrogens with zero attached hydrogens (tertiary/aromatic N) is 3. The summed E-state index contributed by atoms with van der Waals surface area (Å²) in [6.45, 7) is 6.40. The van der Waals surface area contributed by atoms with Crippen LogP contribution in [0.1, 0.15) is 20.3 Å². The number of benzene rings is 1. The topological polar surface area (TPSA) is 38.1 Å². The van der Waals surface area contributed by atoms with Crippen LogP contribution in [-0.4, -0.2) is 33.7 Å². The first-order chi connectivity index (χ1) is 10.0. The van der Waals surface area contributed by atoms with Gasteiger partial charge >= 0.3 is 0 Å². The molecule has 2 aromatic rings. The summed E-state index contributed by atoms with van der Waals surface area (Å²) in [5, 5.41) is 5.88. The summed E-state index contributed by atoms with van der Waals surface area (Å²) >= 11 is 6.15. The summed E-state index contributed by atoms with van der Waals surface area (Å²) in [7, 11) is 0. The molecule has 1 amide bonds. The third-order valence-electron chi connectivity index (χ3n) is 4.14. The van der Waals surface area contributed by atoms with Gasteiger partial charge in [0.05, 0.1) is 16.7 Å². The molecule has 2 atom stereocenters. The van der Waals surface area contributed by atoms with Crippen LogP contribution < -0.4 is 0 Å². The van der Waals surface area contributed by atoms with Crippen molar-refractivity contribution >= 4 is 28.4 Å². The van der Waals surface area contributed by atoms with Gasteiger partial charge in [0.25, 0.3) is 0 Å². The molecule has 1 aromatic carbocycles. The van der Waals surface area contributed by atoms with Gasteiger partial charge in [-0.1, -0.05) is 31.5 Å². The number of hydrogen-bond acceptors (Lipinski definition) is 2. The molecular formula is C16H20ClN3O. The van der Waals surface area contributed by atoms with Crippen molar-refractivity contribution in [1.29, 1.82) is 0 Å². The van der Waals surface area contributed by atoms with Crippen LogP contribution in [0.5, 0.6) is 0 Å². The molecule has 21 heavy (non-hydrogen) atoms. The lowest BCUT2D eigenvalue weighted by atomic mass is 9.92. The highest BCUT2D eigenvalue weighted by molar-refractivity contribution is 6.35. The maximum Gasteiger partial charge on any atom is 0.244 e. The van der Waals surface area contributed by atoms with Gasteiger partial charge in [-0.05, 0) is 30.4 Å². The standard InChI is InChI=1S/C16H20ClN3O/c1-11-6-12(2)9-19(8-11)16(21)10-20-15-5-3-4-14(17)13(15)7-18-20/h3-5,7,11-12H,6,8-10H2,1-2H3/t11-,12-/m0/s1. The zero-order valence-electron chi connectivity index (χ0n) is 12.4. The number of piperidine rings is 1. The minimum absolute atomic E-state index is 0.137. The number of aromatic nitrogens is 2. The number of amides is 1. The minimum atomic E-state index is 0.137. The van der Waals surface area contributed by atoms with Crippen LogP contribution in [0.15, 0.2) is 24.4 Å². The third-order valence-corrected chi connectivity index (χ3v) is 4.47. The summed E-state index contributed by atoms with van der Waals surface area (Å²) in [5.41, 5.74) is 0.911. The molecule has 1 saturated heterocycles. The summed E-state index contributed by atoms with van der Waals surface area (Å²) in [5.74, 6) is 1.28. The van der Waals surface area contributed by atoms with Gasteiger partial charge in [-0.2, -0.15) is 5.10 Å². The van der Waals surface area contributed by atoms with Crippen LogP contribution in [0, 0.1) is 11.8 Å². The maximum atomic E-state index is 12.5. The van der Waals surface area contributed by atoms with Crippen molar-refractivity contribution in [2.75, 3.05) is 13.1 Å². The monoisotopic (exact) mass is 305 g/mol. The molecule has 1 aromatic heterocycles. The van der Waals surface area contributed by atoms with Crippen molar-refractivity contribution in [2.24, 2.45) is 11.8 Å². The van der Waals surface area contributed by atoms with E-state index in [0.717, 1.165) is 24.0 Å². The van der Waals surface area contributed by atoms with Crippen LogP contribution in [0.3, 0.4) is 0 Å². The third kappa shape index (κ3) is 2.91. The molecule has 3 rings (SSSR count). The second kappa shape index (κ2) is 5.68. The summed E-state index contributed by atoms with van der Waals surface area (Å²) in [4.78, 5) is 14.5. The van der Waals surface area contributed by atoms with Gasteiger partial charge in [0.15, 0.2) is 0 Å². The normalized spacial score (nSPS) is 22.7. The number of carbonyl (C=O) groups is 1. The van der Waals surface area contributed by atoms with E-state index in [2.05, 4.69) is 18.9 Å². The molecule has 0 unspecified atom stereocenters. The van der Waals surface area contributed by atoms with E-state index in [1.165, 1.54) is 6.42 Å². The van der Waals surface area contributed by atoms with Crippen molar-refractivity contribution in [2.45, 2.75) is 26.8 Å². The number of hydrogen-bond donors (Lipinski definition) is 0. The average molecular weight is 306 g/mol. The predicted molar refractivity (Wildman–Crippen MR) is 84.3 cm³/mol. The summed E-state index contributed by atoms with van der Waals surface area (Å²) < 4.78 is 1.74. The van der Waals surface area contributed by atoms with Gasteiger partial charge in [0.2, 0.25) is 5.91 Å². The molecule has 4 nitrogen and oxygen atoms in total. The fourth-order valence-corrected chi connectivity index (χ4v) is 3.51. The Balaban J connectivity index is 1.79. The van der Waals surface area contributed by atoms with Gasteiger partial charge in [0.1, 0.15) is 6.54 Å². The van der Waals surface area contributed by atoms with Crippen LogP contribution >= 0.6 is 11.6 Å². The summed E-state index contributed by atoms with van der Waals surface area (Å²) in [6.07, 6.45) is 2.93. The first-order valence-electron chi connectivity index (χ1n) is 7.42. The quantitative estimate of drug-likeness (QED) is 0.854. The minimum Gasteiger partial charge on any atom is -0.341 e. The Bertz CT molecular complexity index is 657. The molecule has 0 N–H and O–H groups in total. The van der Waals surface area contributed by atoms with Gasteiger partial charge in [-0.3, -0.25) is 9.48 Å². The van der Waals surface area contributed by atoms with E-state index in [1.54, 1.807) is 10.9 Å². The second-order valence-corrected chi connectivity index (χ2v) is 6.63. The van der Waals surface area contributed by atoms with Crippen LogP contribution in [-0.2, 0) is 11.3 Å². The highest BCUT2D eigenvalue weighted by Gasteiger charge is 2.25. The lowest BCUT2D eigenvalue weighted by Gasteiger charge is -2.35. The van der Waals surface area contributed by atoms with E-state index >= 15 is 0 Å². The molecule has 1 aliphatic heterocycles. The SMILES string of the molecule is C[C@H]1C[C@H](C)CN(C(=O)Cn2ncc3c(Cl)cccc32)C1. The molecule has 112 valence electrons. The molecule has 0 radical (unpaired) electrons. The van der Waals surface area contributed by atoms with Crippen molar-refractivity contribution < 1.29 is 4.79 Å². The van der Waals surface area contributed by atoms with Gasteiger partial charge in [-0.25, -0.2) is 0 Å². The molecule has 0 saturated carbocycles. The van der Waals surface area contributed by atoms with E-state index in [1.807, 2.05) is 23.1 Å². The van der Waals surface area contributed by atoms with Crippen molar-refractivity contribution in [3.8, 4) is 0 Å². The number of rotatable bonds is 2. The average Bonchev–Trinajstić information content (AvgIpc) is 2.82. The summed E-state index contributed by atoms with van der Waals surface area (Å²) in [6, 6.07) is 5.67. The molecule has 0 bridgehead atoms. The second-order valence-electron chi connectivity index (χ2n) is 6.22. The highest BCUT2D eigenvalue weighted by atomic mass is 35.5. The Morgan fingerprint density at radius 1 is 1.33 bits per heavy atom. The number of likely N-dealkylation sites (tertiary alicyclic amines) is 1. The highest BCUT2D eigenvalue weighted by Crippen LogP contribution is 2.24. The van der Waals surface area contributed by atoms with E-state index in [4.69, 9.17) is 11.6 Å². The first-order valence-corrected chi connectivity index (χ1v) is 7.80. The zero-order chi connectivity index (χ0) is 15.0. The molecule has 0 aliphatic carbocycles. The fraction of sp³-hybridized carbons (Fsp3) is 0.500. The van der Waals surface area contributed by atoms with Crippen LogP contribution in [0.4, 0.5) is 0 Å². The predicted octanol–water partition coefficient (Wildman–Crippen LogP) is 3.19. The Hall–Kier alpha value is -1.55. The van der Waals surface area contributed by atoms with Crippen LogP contribution in [0.25, 0.3) is 10.9 Å². The molecule has 1 fully saturated rings. The molecule has 0 spiro atoms. The van der Waals surface area contributed by atoms with E-state index in [-0.39, 0.29) is 12.5 Å². The van der Waals surface area contributed by atoms with E-state index in [9.17, 15) is 4.79 Å². The molecule has 5 heteroatoms. The molecule has 1 aliphatic rings. The fourth-order valence-electron chi connectivity index (χ4n) is 3.29. The van der Waals surface area contributed by atoms with Gasteiger partial charge in [-0.15, -0.1) is 0 Å². The van der Waals surface area contributed by atoms with Gasteiger partial charge in [0, 0.05) is 18.5 Å². The smallest absolute Gasteiger partial charge is 0.244 e. The van der Waals surface area contributed by atoms with Crippen LogP contribution in [0.2, 0.25) is 5.02 Å². The Kier molecular flexibility index (Phi) is 3.89. The zero-order valence-corrected chi connectivity index (χ0v) is 13.2. The number of carbonyl (C=O) groups excluding carboxylic acids is 1. The van der Waals surface area contributed by atoms with Crippen molar-refractivity contribution in [1.82, 2.24) is 14.7 Å². The van der Waals surface area contributed by atoms with Crippen molar-refractivity contribution in [3.05, 3.63) is 29.4 Å². The Morgan fingerprint density at radius 2 is 2.05 bits per heavy atom. The van der Waals surface area contributed by atoms with Gasteiger partial charge < -0.3 is 4.90 Å². The number of halogens is 1. The number of fused-ring (bicyclic) bond motifs is 1. The van der Waals surface area contributed by atoms with Crippen molar-refractivity contribution in [3.63, 3.8) is 0 Å². The largest absolute Gasteiger partial charge is 0.341 e. The maximum absolute atomic E-state index is 12.5. The Morgan fingerprint density at radius 3 is 2.76 bits per heavy atom. The van der Waals surface area contributed by atoms with E-state index in [0.29, 0.717) is 16.9 Å².